The number of likely N-dealkylation sites (N-methyl/N-ethyl adjacent to an activating group) is 1. The quantitative estimate of drug-likeness (QED) is 0.844. The molecule has 0 bridgehead atoms. The van der Waals surface area contributed by atoms with Gasteiger partial charge in [0, 0.05) is 10.7 Å². The molecule has 1 unspecified atom stereocenters. The van der Waals surface area contributed by atoms with Crippen molar-refractivity contribution in [3.8, 4) is 0 Å². The van der Waals surface area contributed by atoms with Gasteiger partial charge < -0.3 is 10.1 Å². The van der Waals surface area contributed by atoms with Gasteiger partial charge in [0.2, 0.25) is 0 Å². The van der Waals surface area contributed by atoms with Crippen molar-refractivity contribution in [1.29, 1.82) is 0 Å². The maximum absolute atomic E-state index is 5.19. The largest absolute Gasteiger partial charge is 0.383 e. The summed E-state index contributed by atoms with van der Waals surface area (Å²) in [6.45, 7) is 3.78. The number of benzene rings is 1. The first-order valence-corrected chi connectivity index (χ1v) is 5.83. The molecule has 0 fully saturated rings. The normalized spacial score (nSPS) is 12.8. The van der Waals surface area contributed by atoms with Crippen LogP contribution in [-0.2, 0) is 4.74 Å². The molecule has 1 aromatic rings. The molecule has 2 nitrogen and oxygen atoms in total. The van der Waals surface area contributed by atoms with E-state index < -0.39 is 0 Å². The van der Waals surface area contributed by atoms with Crippen LogP contribution in [0.4, 0.5) is 0 Å². The molecule has 0 radical (unpaired) electrons. The Bertz CT molecular complexity index is 272. The van der Waals surface area contributed by atoms with Gasteiger partial charge in [0.15, 0.2) is 0 Å². The van der Waals surface area contributed by atoms with Gasteiger partial charge in [-0.25, -0.2) is 0 Å². The maximum Gasteiger partial charge on any atom is 0.0657 e. The highest BCUT2D eigenvalue weighted by Crippen LogP contribution is 2.16. The first-order valence-electron chi connectivity index (χ1n) is 4.75. The molecule has 0 spiro atoms. The third-order valence-corrected chi connectivity index (χ3v) is 2.71. The van der Waals surface area contributed by atoms with Crippen LogP contribution in [0.2, 0.25) is 0 Å². The SMILES string of the molecule is CCNC(COC)c1cccc(I)c1. The Morgan fingerprint density at radius 2 is 2.29 bits per heavy atom. The lowest BCUT2D eigenvalue weighted by atomic mass is 10.1. The molecule has 0 saturated carbocycles. The Morgan fingerprint density at radius 3 is 2.86 bits per heavy atom. The summed E-state index contributed by atoms with van der Waals surface area (Å²) in [5.41, 5.74) is 1.29. The van der Waals surface area contributed by atoms with E-state index in [2.05, 4.69) is 59.1 Å². The summed E-state index contributed by atoms with van der Waals surface area (Å²) in [5, 5.41) is 3.40. The zero-order valence-electron chi connectivity index (χ0n) is 8.59. The van der Waals surface area contributed by atoms with Gasteiger partial charge in [-0.05, 0) is 46.8 Å². The molecule has 1 rings (SSSR count). The van der Waals surface area contributed by atoms with Gasteiger partial charge in [0.05, 0.1) is 12.6 Å². The molecule has 1 N–H and O–H groups in total. The van der Waals surface area contributed by atoms with Crippen molar-refractivity contribution in [2.45, 2.75) is 13.0 Å². The van der Waals surface area contributed by atoms with Crippen LogP contribution in [0.15, 0.2) is 24.3 Å². The molecule has 0 aromatic heterocycles. The van der Waals surface area contributed by atoms with Gasteiger partial charge in [0.25, 0.3) is 0 Å². The van der Waals surface area contributed by atoms with Crippen molar-refractivity contribution in [2.75, 3.05) is 20.3 Å². The molecule has 0 aliphatic rings. The smallest absolute Gasteiger partial charge is 0.0657 e. The van der Waals surface area contributed by atoms with Gasteiger partial charge in [-0.3, -0.25) is 0 Å². The van der Waals surface area contributed by atoms with Gasteiger partial charge >= 0.3 is 0 Å². The fourth-order valence-corrected chi connectivity index (χ4v) is 1.98. The van der Waals surface area contributed by atoms with Crippen LogP contribution in [0.5, 0.6) is 0 Å². The molecule has 1 aromatic carbocycles. The Balaban J connectivity index is 2.75. The summed E-state index contributed by atoms with van der Waals surface area (Å²) in [4.78, 5) is 0. The number of hydrogen-bond acceptors (Lipinski definition) is 2. The zero-order chi connectivity index (χ0) is 10.4. The lowest BCUT2D eigenvalue weighted by Gasteiger charge is -2.17. The van der Waals surface area contributed by atoms with Crippen LogP contribution in [0.1, 0.15) is 18.5 Å². The van der Waals surface area contributed by atoms with Crippen LogP contribution in [0.3, 0.4) is 0 Å². The number of halogens is 1. The fourth-order valence-electron chi connectivity index (χ4n) is 1.41. The molecule has 14 heavy (non-hydrogen) atoms. The molecule has 78 valence electrons. The van der Waals surface area contributed by atoms with Crippen molar-refractivity contribution in [1.82, 2.24) is 5.32 Å². The first-order chi connectivity index (χ1) is 6.77. The van der Waals surface area contributed by atoms with Crippen LogP contribution >= 0.6 is 22.6 Å². The second kappa shape index (κ2) is 6.37. The maximum atomic E-state index is 5.19. The number of methoxy groups -OCH3 is 1. The minimum absolute atomic E-state index is 0.305. The predicted octanol–water partition coefficient (Wildman–Crippen LogP) is 2.59. The average molecular weight is 305 g/mol. The first kappa shape index (κ1) is 11.9. The number of ether oxygens (including phenoxy) is 1. The van der Waals surface area contributed by atoms with Crippen LogP contribution in [0, 0.1) is 3.57 Å². The Hall–Kier alpha value is -0.130. The van der Waals surface area contributed by atoms with E-state index in [9.17, 15) is 0 Å². The van der Waals surface area contributed by atoms with E-state index >= 15 is 0 Å². The molecule has 0 heterocycles. The second-order valence-electron chi connectivity index (χ2n) is 3.12. The summed E-state index contributed by atoms with van der Waals surface area (Å²) in [6.07, 6.45) is 0. The number of hydrogen-bond donors (Lipinski definition) is 1. The van der Waals surface area contributed by atoms with E-state index in [-0.39, 0.29) is 0 Å². The van der Waals surface area contributed by atoms with Crippen LogP contribution < -0.4 is 5.32 Å². The van der Waals surface area contributed by atoms with E-state index in [0.29, 0.717) is 12.6 Å². The summed E-state index contributed by atoms with van der Waals surface area (Å²) >= 11 is 2.33. The van der Waals surface area contributed by atoms with Crippen molar-refractivity contribution in [2.24, 2.45) is 0 Å². The lowest BCUT2D eigenvalue weighted by molar-refractivity contribution is 0.168. The van der Waals surface area contributed by atoms with Gasteiger partial charge in [-0.1, -0.05) is 19.1 Å². The number of nitrogens with one attached hydrogen (secondary N) is 1. The topological polar surface area (TPSA) is 21.3 Å². The van der Waals surface area contributed by atoms with E-state index in [0.717, 1.165) is 6.54 Å². The summed E-state index contributed by atoms with van der Waals surface area (Å²) < 4.78 is 6.45. The standard InChI is InChI=1S/C11H16INO/c1-3-13-11(8-14-2)9-5-4-6-10(12)7-9/h4-7,11,13H,3,8H2,1-2H3. The van der Waals surface area contributed by atoms with Crippen molar-refractivity contribution in [3.63, 3.8) is 0 Å². The fraction of sp³-hybridized carbons (Fsp3) is 0.455. The molecule has 0 aliphatic heterocycles. The van der Waals surface area contributed by atoms with Gasteiger partial charge in [0.1, 0.15) is 0 Å². The van der Waals surface area contributed by atoms with E-state index in [4.69, 9.17) is 4.74 Å². The molecule has 1 atom stereocenters. The van der Waals surface area contributed by atoms with Crippen molar-refractivity contribution in [3.05, 3.63) is 33.4 Å². The van der Waals surface area contributed by atoms with Crippen molar-refractivity contribution < 1.29 is 4.74 Å². The van der Waals surface area contributed by atoms with Gasteiger partial charge in [-0.15, -0.1) is 0 Å². The highest BCUT2D eigenvalue weighted by atomic mass is 127. The van der Waals surface area contributed by atoms with Crippen LogP contribution in [0.25, 0.3) is 0 Å². The van der Waals surface area contributed by atoms with Gasteiger partial charge in [-0.2, -0.15) is 0 Å². The Morgan fingerprint density at radius 1 is 1.50 bits per heavy atom. The van der Waals surface area contributed by atoms with Crippen LogP contribution in [-0.4, -0.2) is 20.3 Å². The molecule has 0 aliphatic carbocycles. The summed E-state index contributed by atoms with van der Waals surface area (Å²) in [7, 11) is 1.73. The number of rotatable bonds is 5. The monoisotopic (exact) mass is 305 g/mol. The second-order valence-corrected chi connectivity index (χ2v) is 4.37. The minimum atomic E-state index is 0.305. The Labute approximate surface area is 99.2 Å². The Kier molecular flexibility index (Phi) is 5.44. The molecule has 0 saturated heterocycles. The molecule has 0 amide bonds. The highest BCUT2D eigenvalue weighted by Gasteiger charge is 2.09. The third kappa shape index (κ3) is 3.55. The van der Waals surface area contributed by atoms with Crippen molar-refractivity contribution >= 4 is 22.6 Å². The summed E-state index contributed by atoms with van der Waals surface area (Å²) in [5.74, 6) is 0. The lowest BCUT2D eigenvalue weighted by Crippen LogP contribution is -2.24. The highest BCUT2D eigenvalue weighted by molar-refractivity contribution is 14.1. The third-order valence-electron chi connectivity index (χ3n) is 2.03. The summed E-state index contributed by atoms with van der Waals surface area (Å²) in [6, 6.07) is 8.80. The predicted molar refractivity (Wildman–Crippen MR) is 67.5 cm³/mol. The molecular weight excluding hydrogens is 289 g/mol. The zero-order valence-corrected chi connectivity index (χ0v) is 10.7. The van der Waals surface area contributed by atoms with E-state index in [1.807, 2.05) is 0 Å². The van der Waals surface area contributed by atoms with E-state index in [1.54, 1.807) is 7.11 Å². The minimum Gasteiger partial charge on any atom is -0.383 e. The average Bonchev–Trinajstić information content (AvgIpc) is 2.17. The molecule has 3 heteroatoms. The van der Waals surface area contributed by atoms with E-state index in [1.165, 1.54) is 9.13 Å². The molecular formula is C11H16INO.